The zero-order valence-electron chi connectivity index (χ0n) is 21.4. The van der Waals surface area contributed by atoms with Crippen LogP contribution in [0.5, 0.6) is 0 Å². The molecule has 9 N–H and O–H groups in total. The number of hydrogen-bond acceptors (Lipinski definition) is 14. The van der Waals surface area contributed by atoms with Gasteiger partial charge >= 0.3 is 19.7 Å². The third-order valence-electron chi connectivity index (χ3n) is 5.11. The molecule has 2 aromatic rings. The largest absolute Gasteiger partial charge is 0.466 e. The topological polar surface area (TPSA) is 276 Å². The van der Waals surface area contributed by atoms with Crippen LogP contribution in [-0.2, 0) is 32.9 Å². The number of nitrogens with zero attached hydrogens (tertiary/aromatic N) is 3. The number of aromatic amines is 1. The Labute approximate surface area is 222 Å². The lowest BCUT2D eigenvalue weighted by atomic mass is 10.1. The van der Waals surface area contributed by atoms with Crippen molar-refractivity contribution in [1.29, 1.82) is 0 Å². The van der Waals surface area contributed by atoms with Crippen molar-refractivity contribution in [3.63, 3.8) is 0 Å². The van der Waals surface area contributed by atoms with Crippen LogP contribution in [0.15, 0.2) is 11.1 Å². The van der Waals surface area contributed by atoms with Crippen LogP contribution in [0.1, 0.15) is 32.9 Å². The van der Waals surface area contributed by atoms with Crippen molar-refractivity contribution in [2.75, 3.05) is 38.6 Å². The molecule has 0 bridgehead atoms. The molecule has 1 unspecified atom stereocenters. The van der Waals surface area contributed by atoms with Crippen molar-refractivity contribution >= 4 is 36.8 Å². The first kappa shape index (κ1) is 32.3. The Balaban J connectivity index is 0.000000309. The quantitative estimate of drug-likeness (QED) is 0.0804. The summed E-state index contributed by atoms with van der Waals surface area (Å²) < 4.78 is 31.6. The van der Waals surface area contributed by atoms with Crippen LogP contribution in [0.3, 0.4) is 0 Å². The number of hydrogen-bond donors (Lipinski definition) is 7. The first-order valence-electron chi connectivity index (χ1n) is 11.9. The molecule has 3 heterocycles. The molecule has 0 aliphatic carbocycles. The Bertz CT molecular complexity index is 1180. The maximum Gasteiger partial charge on any atom is 0.400 e. The van der Waals surface area contributed by atoms with E-state index in [0.29, 0.717) is 39.1 Å². The maximum atomic E-state index is 11.8. The lowest BCUT2D eigenvalue weighted by molar-refractivity contribution is -0.143. The molecule has 0 radical (unpaired) electrons. The van der Waals surface area contributed by atoms with Gasteiger partial charge in [0.1, 0.15) is 18.3 Å². The molecule has 2 aromatic heterocycles. The molecule has 19 heteroatoms. The number of H-pyrrole nitrogens is 1. The van der Waals surface area contributed by atoms with Crippen LogP contribution in [0, 0.1) is 0 Å². The lowest BCUT2D eigenvalue weighted by Crippen LogP contribution is -2.33. The van der Waals surface area contributed by atoms with Gasteiger partial charge in [-0.15, -0.1) is 0 Å². The van der Waals surface area contributed by atoms with Gasteiger partial charge in [-0.2, -0.15) is 4.98 Å². The number of carbonyl (C=O) groups excluding carboxylic acids is 2. The normalized spacial score (nSPS) is 22.1. The van der Waals surface area contributed by atoms with Gasteiger partial charge in [0.05, 0.1) is 39.0 Å². The summed E-state index contributed by atoms with van der Waals surface area (Å²) in [6.45, 7) is 4.87. The van der Waals surface area contributed by atoms with E-state index in [1.807, 2.05) is 0 Å². The van der Waals surface area contributed by atoms with Crippen LogP contribution in [0.2, 0.25) is 0 Å². The van der Waals surface area contributed by atoms with E-state index in [0.717, 1.165) is 0 Å². The van der Waals surface area contributed by atoms with Crippen LogP contribution < -0.4 is 22.1 Å². The number of anilines is 1. The number of nitrogen functional groups attached to an aromatic ring is 1. The average molecular weight is 580 g/mol. The van der Waals surface area contributed by atoms with E-state index >= 15 is 0 Å². The van der Waals surface area contributed by atoms with E-state index < -0.39 is 44.5 Å². The van der Waals surface area contributed by atoms with Crippen LogP contribution in [0.4, 0.5) is 5.95 Å². The molecule has 0 spiro atoms. The van der Waals surface area contributed by atoms with Gasteiger partial charge in [-0.25, -0.2) is 15.1 Å². The van der Waals surface area contributed by atoms with Crippen LogP contribution in [0.25, 0.3) is 11.2 Å². The summed E-state index contributed by atoms with van der Waals surface area (Å²) in [4.78, 5) is 52.5. The number of fused-ring (bicyclic) bond motifs is 1. The number of nitrogens with one attached hydrogen (secondary N) is 2. The fourth-order valence-corrected chi connectivity index (χ4v) is 3.74. The van der Waals surface area contributed by atoms with Gasteiger partial charge in [0.25, 0.3) is 5.56 Å². The van der Waals surface area contributed by atoms with Crippen molar-refractivity contribution in [2.24, 2.45) is 5.50 Å². The number of rotatable bonds is 12. The van der Waals surface area contributed by atoms with Crippen LogP contribution >= 0.6 is 7.75 Å². The van der Waals surface area contributed by atoms with Gasteiger partial charge in [0, 0.05) is 13.1 Å². The fraction of sp³-hybridized carbons (Fsp3) is 0.650. The van der Waals surface area contributed by atoms with Gasteiger partial charge in [0.2, 0.25) is 5.95 Å². The van der Waals surface area contributed by atoms with Crippen LogP contribution in [-0.4, -0.2) is 97.8 Å². The number of aliphatic hydroxyl groups is 2. The number of aromatic nitrogens is 4. The van der Waals surface area contributed by atoms with E-state index in [2.05, 4.69) is 24.8 Å². The molecule has 5 atom stereocenters. The number of imidazole rings is 1. The Morgan fingerprint density at radius 2 is 1.77 bits per heavy atom. The molecule has 0 aromatic carbocycles. The van der Waals surface area contributed by atoms with E-state index in [-0.39, 0.29) is 29.1 Å². The number of aliphatic hydroxyl groups excluding tert-OH is 2. The zero-order chi connectivity index (χ0) is 29.2. The minimum atomic E-state index is -4.26. The smallest absolute Gasteiger partial charge is 0.400 e. The van der Waals surface area contributed by atoms with Gasteiger partial charge in [-0.1, -0.05) is 0 Å². The summed E-state index contributed by atoms with van der Waals surface area (Å²) in [5, 5.41) is 23.1. The van der Waals surface area contributed by atoms with Crippen molar-refractivity contribution in [3.05, 3.63) is 16.7 Å². The molecule has 3 rings (SSSR count). The molecular formula is C20H34N7O11P. The fourth-order valence-electron chi connectivity index (χ4n) is 3.38. The summed E-state index contributed by atoms with van der Waals surface area (Å²) in [7, 11) is -4.26. The van der Waals surface area contributed by atoms with E-state index in [4.69, 9.17) is 30.3 Å². The number of nitrogens with two attached hydrogens (primary N) is 2. The average Bonchev–Trinajstić information content (AvgIpc) is 3.39. The molecule has 18 nitrogen and oxygen atoms in total. The molecule has 1 aliphatic heterocycles. The third kappa shape index (κ3) is 9.94. The van der Waals surface area contributed by atoms with E-state index in [1.165, 1.54) is 10.9 Å². The Kier molecular flexibility index (Phi) is 12.4. The molecule has 0 amide bonds. The van der Waals surface area contributed by atoms with Crippen molar-refractivity contribution in [2.45, 2.75) is 51.2 Å². The molecule has 39 heavy (non-hydrogen) atoms. The summed E-state index contributed by atoms with van der Waals surface area (Å²) in [5.41, 5.74) is 9.76. The number of esters is 2. The molecule has 1 saturated heterocycles. The highest BCUT2D eigenvalue weighted by Gasteiger charge is 2.45. The summed E-state index contributed by atoms with van der Waals surface area (Å²) in [5.74, 6) is -0.603. The Morgan fingerprint density at radius 1 is 1.18 bits per heavy atom. The first-order chi connectivity index (χ1) is 18.4. The summed E-state index contributed by atoms with van der Waals surface area (Å²) >= 11 is 0. The number of carbonyl (C=O) groups is 2. The Hall–Kier alpha value is -2.96. The maximum absolute atomic E-state index is 11.8. The highest BCUT2D eigenvalue weighted by molar-refractivity contribution is 7.50. The van der Waals surface area contributed by atoms with Gasteiger partial charge in [-0.05, 0) is 13.8 Å². The highest BCUT2D eigenvalue weighted by Crippen LogP contribution is 2.36. The van der Waals surface area contributed by atoms with Crippen molar-refractivity contribution < 1.29 is 48.0 Å². The molecule has 220 valence electrons. The zero-order valence-corrected chi connectivity index (χ0v) is 22.3. The predicted octanol–water partition coefficient (Wildman–Crippen LogP) is -2.12. The lowest BCUT2D eigenvalue weighted by Gasteiger charge is -2.16. The second-order valence-electron chi connectivity index (χ2n) is 8.04. The van der Waals surface area contributed by atoms with Gasteiger partial charge < -0.3 is 40.4 Å². The van der Waals surface area contributed by atoms with Crippen molar-refractivity contribution in [1.82, 2.24) is 24.8 Å². The summed E-state index contributed by atoms with van der Waals surface area (Å²) in [6, 6.07) is 0. The van der Waals surface area contributed by atoms with Gasteiger partial charge in [-0.3, -0.25) is 28.5 Å². The van der Waals surface area contributed by atoms with Crippen molar-refractivity contribution in [3.8, 4) is 0 Å². The standard InChI is InChI=1S/C10H15N6O7P.C10H19NO4/c11-10-14-7-4(8(19)15-10)13-2-16(7)9-6(18)5(17)3(23-9)1-22-24(12,20)21;1-3-14-9(12)5-7-11-8-6-10(13)15-4-2/h2-3,5-6,9,17-18H,1H2,(H3,12,20,21)(H3,11,14,15,19);11H,3-8H2,1-2H3/t3-,5-,6-,9-;/m1./s1. The number of ether oxygens (including phenoxy) is 3. The minimum Gasteiger partial charge on any atom is -0.466 e. The SMILES string of the molecule is CCOC(=O)CCNCCC(=O)OCC.Nc1nc2c(ncn2[C@@H]2O[C@H](COP(N)(=O)O)[C@@H](O)[C@H]2O)c(=O)[nH]1. The second-order valence-corrected chi connectivity index (χ2v) is 9.43. The molecular weight excluding hydrogens is 545 g/mol. The molecule has 0 saturated carbocycles. The monoisotopic (exact) mass is 579 g/mol. The third-order valence-corrected chi connectivity index (χ3v) is 5.63. The Morgan fingerprint density at radius 3 is 2.31 bits per heavy atom. The van der Waals surface area contributed by atoms with E-state index in [9.17, 15) is 29.2 Å². The summed E-state index contributed by atoms with van der Waals surface area (Å²) in [6.07, 6.45) is -3.31. The van der Waals surface area contributed by atoms with E-state index in [1.54, 1.807) is 13.8 Å². The molecule has 1 fully saturated rings. The predicted molar refractivity (Wildman–Crippen MR) is 134 cm³/mol. The minimum absolute atomic E-state index is 0.0315. The second kappa shape index (κ2) is 15.0. The highest BCUT2D eigenvalue weighted by atomic mass is 31.2. The van der Waals surface area contributed by atoms with Gasteiger partial charge in [0.15, 0.2) is 17.4 Å². The molecule has 1 aliphatic rings. The first-order valence-corrected chi connectivity index (χ1v) is 13.5.